The number of amides is 1. The van der Waals surface area contributed by atoms with Gasteiger partial charge in [0.2, 0.25) is 5.91 Å². The Hall–Kier alpha value is -2.26. The highest BCUT2D eigenvalue weighted by atomic mass is 32.1. The Kier molecular flexibility index (Phi) is 7.28. The Morgan fingerprint density at radius 1 is 1.38 bits per heavy atom. The van der Waals surface area contributed by atoms with Crippen molar-refractivity contribution in [2.45, 2.75) is 27.0 Å². The van der Waals surface area contributed by atoms with Crippen LogP contribution in [0.2, 0.25) is 0 Å². The zero-order valence-corrected chi connectivity index (χ0v) is 15.6. The van der Waals surface area contributed by atoms with Crippen molar-refractivity contribution in [3.8, 4) is 11.5 Å². The number of nitrogens with one attached hydrogen (secondary N) is 1. The first-order valence-corrected chi connectivity index (χ1v) is 8.86. The van der Waals surface area contributed by atoms with Crippen LogP contribution in [-0.4, -0.2) is 42.6 Å². The molecule has 0 fully saturated rings. The number of benzene rings is 1. The molecule has 0 saturated heterocycles. The fourth-order valence-electron chi connectivity index (χ4n) is 2.30. The summed E-state index contributed by atoms with van der Waals surface area (Å²) < 4.78 is 34.7. The second kappa shape index (κ2) is 9.44. The number of ether oxygens (including phenoxy) is 2. The molecule has 0 aliphatic heterocycles. The van der Waals surface area contributed by atoms with Gasteiger partial charge in [0, 0.05) is 11.9 Å². The van der Waals surface area contributed by atoms with Crippen molar-refractivity contribution in [3.63, 3.8) is 0 Å². The quantitative estimate of drug-likeness (QED) is 0.716. The molecule has 2 rings (SSSR count). The minimum Gasteiger partial charge on any atom is -0.490 e. The highest BCUT2D eigenvalue weighted by Gasteiger charge is 2.14. The molecule has 0 unspecified atom stereocenters. The molecule has 1 aromatic heterocycles. The Labute approximate surface area is 154 Å². The van der Waals surface area contributed by atoms with Gasteiger partial charge in [0.1, 0.15) is 0 Å². The average Bonchev–Trinajstić information content (AvgIpc) is 2.94. The number of aromatic nitrogens is 1. The van der Waals surface area contributed by atoms with Crippen LogP contribution < -0.4 is 14.8 Å². The number of aryl methyl sites for hydroxylation is 1. The van der Waals surface area contributed by atoms with E-state index in [4.69, 9.17) is 4.74 Å². The van der Waals surface area contributed by atoms with Gasteiger partial charge in [0.15, 0.2) is 16.6 Å². The van der Waals surface area contributed by atoms with Gasteiger partial charge >= 0.3 is 6.61 Å². The van der Waals surface area contributed by atoms with Crippen LogP contribution in [0.3, 0.4) is 0 Å². The van der Waals surface area contributed by atoms with E-state index in [-0.39, 0.29) is 24.0 Å². The number of nitrogens with zero attached hydrogens (tertiary/aromatic N) is 2. The monoisotopic (exact) mass is 385 g/mol. The molecule has 2 aromatic rings. The zero-order chi connectivity index (χ0) is 19.1. The molecule has 142 valence electrons. The predicted octanol–water partition coefficient (Wildman–Crippen LogP) is 3.52. The lowest BCUT2D eigenvalue weighted by molar-refractivity contribution is -0.117. The first-order valence-electron chi connectivity index (χ1n) is 7.98. The third-order valence-corrected chi connectivity index (χ3v) is 4.13. The van der Waals surface area contributed by atoms with Crippen molar-refractivity contribution in [1.82, 2.24) is 9.88 Å². The van der Waals surface area contributed by atoms with Crippen LogP contribution in [0.1, 0.15) is 18.2 Å². The summed E-state index contributed by atoms with van der Waals surface area (Å²) in [4.78, 5) is 18.0. The van der Waals surface area contributed by atoms with Crippen molar-refractivity contribution in [2.24, 2.45) is 0 Å². The minimum absolute atomic E-state index is 0.00913. The molecule has 0 aliphatic rings. The molecule has 9 heteroatoms. The van der Waals surface area contributed by atoms with Crippen LogP contribution in [0.25, 0.3) is 0 Å². The maximum Gasteiger partial charge on any atom is 0.387 e. The Balaban J connectivity index is 1.95. The van der Waals surface area contributed by atoms with Gasteiger partial charge in [0.05, 0.1) is 18.8 Å². The lowest BCUT2D eigenvalue weighted by Gasteiger charge is -2.17. The molecule has 26 heavy (non-hydrogen) atoms. The van der Waals surface area contributed by atoms with Gasteiger partial charge in [0.25, 0.3) is 0 Å². The van der Waals surface area contributed by atoms with Crippen molar-refractivity contribution in [3.05, 3.63) is 34.8 Å². The van der Waals surface area contributed by atoms with Crippen LogP contribution in [0, 0.1) is 6.92 Å². The first-order chi connectivity index (χ1) is 12.4. The Bertz CT molecular complexity index is 740. The number of halogens is 2. The third-order valence-electron chi connectivity index (χ3n) is 3.26. The summed E-state index contributed by atoms with van der Waals surface area (Å²) in [5.74, 6) is 0.0658. The molecule has 1 heterocycles. The van der Waals surface area contributed by atoms with Crippen LogP contribution in [0.4, 0.5) is 13.9 Å². The molecule has 0 aliphatic carbocycles. The summed E-state index contributed by atoms with van der Waals surface area (Å²) in [5.41, 5.74) is 1.67. The number of alkyl halides is 2. The maximum atomic E-state index is 12.4. The molecule has 0 radical (unpaired) electrons. The van der Waals surface area contributed by atoms with Crippen LogP contribution in [0.5, 0.6) is 11.5 Å². The van der Waals surface area contributed by atoms with Gasteiger partial charge < -0.3 is 14.8 Å². The van der Waals surface area contributed by atoms with Crippen molar-refractivity contribution in [1.29, 1.82) is 0 Å². The lowest BCUT2D eigenvalue weighted by Crippen LogP contribution is -2.29. The number of hydrogen-bond donors (Lipinski definition) is 1. The van der Waals surface area contributed by atoms with Gasteiger partial charge in [-0.2, -0.15) is 8.78 Å². The molecule has 6 nitrogen and oxygen atoms in total. The second-order valence-corrected chi connectivity index (χ2v) is 6.47. The summed E-state index contributed by atoms with van der Waals surface area (Å²) in [7, 11) is 1.79. The number of carbonyl (C=O) groups excluding carboxylic acids is 1. The van der Waals surface area contributed by atoms with E-state index in [0.717, 1.165) is 11.3 Å². The highest BCUT2D eigenvalue weighted by molar-refractivity contribution is 7.13. The SMILES string of the molecule is CCOc1cc(CN(C)CC(=O)Nc2nc(C)cs2)ccc1OC(F)F. The van der Waals surface area contributed by atoms with E-state index < -0.39 is 6.61 Å². The van der Waals surface area contributed by atoms with E-state index in [2.05, 4.69) is 15.0 Å². The summed E-state index contributed by atoms with van der Waals surface area (Å²) in [6.07, 6.45) is 0. The zero-order valence-electron chi connectivity index (χ0n) is 14.8. The fraction of sp³-hybridized carbons (Fsp3) is 0.412. The molecule has 0 spiro atoms. The molecular formula is C17H21F2N3O3S. The maximum absolute atomic E-state index is 12.4. The summed E-state index contributed by atoms with van der Waals surface area (Å²) in [6.45, 7) is 1.64. The molecule has 0 saturated carbocycles. The van der Waals surface area contributed by atoms with E-state index in [1.54, 1.807) is 31.0 Å². The van der Waals surface area contributed by atoms with Gasteiger partial charge in [-0.1, -0.05) is 6.07 Å². The average molecular weight is 385 g/mol. The number of hydrogen-bond acceptors (Lipinski definition) is 6. The first kappa shape index (κ1) is 20.1. The Morgan fingerprint density at radius 3 is 2.77 bits per heavy atom. The van der Waals surface area contributed by atoms with E-state index in [0.29, 0.717) is 18.3 Å². The molecule has 1 amide bonds. The molecule has 1 N–H and O–H groups in total. The van der Waals surface area contributed by atoms with Gasteiger partial charge in [-0.05, 0) is 38.6 Å². The van der Waals surface area contributed by atoms with Crippen LogP contribution >= 0.6 is 11.3 Å². The summed E-state index contributed by atoms with van der Waals surface area (Å²) >= 11 is 1.37. The topological polar surface area (TPSA) is 63.7 Å². The standard InChI is InChI=1S/C17H21F2N3O3S/c1-4-24-14-7-12(5-6-13(14)25-16(18)19)8-22(3)9-15(23)21-17-20-11(2)10-26-17/h5-7,10,16H,4,8-9H2,1-3H3,(H,20,21,23). The number of likely N-dealkylation sites (N-methyl/N-ethyl adjacent to an activating group) is 1. The summed E-state index contributed by atoms with van der Waals surface area (Å²) in [5, 5.41) is 5.16. The van der Waals surface area contributed by atoms with Crippen molar-refractivity contribution >= 4 is 22.4 Å². The number of carbonyl (C=O) groups is 1. The molecule has 0 atom stereocenters. The van der Waals surface area contributed by atoms with E-state index in [1.807, 2.05) is 12.3 Å². The largest absolute Gasteiger partial charge is 0.490 e. The number of rotatable bonds is 9. The summed E-state index contributed by atoms with van der Waals surface area (Å²) in [6, 6.07) is 4.75. The molecular weight excluding hydrogens is 364 g/mol. The van der Waals surface area contributed by atoms with E-state index in [9.17, 15) is 13.6 Å². The van der Waals surface area contributed by atoms with E-state index >= 15 is 0 Å². The van der Waals surface area contributed by atoms with Crippen LogP contribution in [0.15, 0.2) is 23.6 Å². The minimum atomic E-state index is -2.92. The second-order valence-electron chi connectivity index (χ2n) is 5.61. The van der Waals surface area contributed by atoms with Gasteiger partial charge in [-0.25, -0.2) is 4.98 Å². The van der Waals surface area contributed by atoms with Crippen molar-refractivity contribution < 1.29 is 23.0 Å². The Morgan fingerprint density at radius 2 is 2.15 bits per heavy atom. The van der Waals surface area contributed by atoms with Crippen LogP contribution in [-0.2, 0) is 11.3 Å². The molecule has 1 aromatic carbocycles. The number of anilines is 1. The normalized spacial score (nSPS) is 11.0. The fourth-order valence-corrected chi connectivity index (χ4v) is 3.00. The number of thiazole rings is 1. The van der Waals surface area contributed by atoms with Gasteiger partial charge in [-0.15, -0.1) is 11.3 Å². The lowest BCUT2D eigenvalue weighted by atomic mass is 10.2. The van der Waals surface area contributed by atoms with E-state index in [1.165, 1.54) is 17.4 Å². The van der Waals surface area contributed by atoms with Gasteiger partial charge in [-0.3, -0.25) is 9.69 Å². The predicted molar refractivity (Wildman–Crippen MR) is 96.1 cm³/mol. The van der Waals surface area contributed by atoms with Crippen molar-refractivity contribution in [2.75, 3.05) is 25.5 Å². The molecule has 0 bridgehead atoms. The third kappa shape index (κ3) is 6.23. The highest BCUT2D eigenvalue weighted by Crippen LogP contribution is 2.30. The smallest absolute Gasteiger partial charge is 0.387 e.